The summed E-state index contributed by atoms with van der Waals surface area (Å²) in [6.07, 6.45) is 4.79. The number of nitrogens with two attached hydrogens (primary N) is 1. The van der Waals surface area contributed by atoms with Gasteiger partial charge in [-0.05, 0) is 49.9 Å². The average molecular weight is 529 g/mol. The maximum Gasteiger partial charge on any atom is 0.241 e. The highest BCUT2D eigenvalue weighted by Crippen LogP contribution is 2.38. The standard InChI is InChI=1S/C26H26F2N4O4S/c1-14(2)25-31-26(36-32-25)15-6-8-16(9-7-15)35-22-10-11-30-24-17(4-3-5-18(22)24)19-12-21(28)23(13-20(19)27)37(29,33)34/h3-5,10-16H,6-9H2,1-2H3,(H2,29,33,34). The Kier molecular flexibility index (Phi) is 6.67. The van der Waals surface area contributed by atoms with Gasteiger partial charge in [-0.3, -0.25) is 4.98 Å². The van der Waals surface area contributed by atoms with Gasteiger partial charge in [0.15, 0.2) is 5.82 Å². The van der Waals surface area contributed by atoms with E-state index in [4.69, 9.17) is 14.4 Å². The fourth-order valence-corrected chi connectivity index (χ4v) is 5.28. The van der Waals surface area contributed by atoms with Gasteiger partial charge in [-0.2, -0.15) is 4.98 Å². The van der Waals surface area contributed by atoms with Crippen LogP contribution in [-0.4, -0.2) is 29.6 Å². The molecule has 4 aromatic rings. The summed E-state index contributed by atoms with van der Waals surface area (Å²) in [7, 11) is -4.41. The van der Waals surface area contributed by atoms with Gasteiger partial charge in [0.2, 0.25) is 15.9 Å². The molecule has 1 aliphatic carbocycles. The maximum absolute atomic E-state index is 14.9. The van der Waals surface area contributed by atoms with Crippen LogP contribution >= 0.6 is 0 Å². The van der Waals surface area contributed by atoms with Gasteiger partial charge in [0.25, 0.3) is 0 Å². The van der Waals surface area contributed by atoms with E-state index in [-0.39, 0.29) is 23.5 Å². The maximum atomic E-state index is 14.9. The van der Waals surface area contributed by atoms with E-state index < -0.39 is 26.6 Å². The van der Waals surface area contributed by atoms with Gasteiger partial charge < -0.3 is 9.26 Å². The summed E-state index contributed by atoms with van der Waals surface area (Å²) in [5.41, 5.74) is 0.588. The van der Waals surface area contributed by atoms with Crippen molar-refractivity contribution in [3.8, 4) is 16.9 Å². The van der Waals surface area contributed by atoms with Crippen LogP contribution in [0.15, 0.2) is 52.0 Å². The van der Waals surface area contributed by atoms with Gasteiger partial charge >= 0.3 is 0 Å². The van der Waals surface area contributed by atoms with Gasteiger partial charge in [-0.1, -0.05) is 31.1 Å². The van der Waals surface area contributed by atoms with Crippen LogP contribution in [-0.2, 0) is 10.0 Å². The number of hydrogen-bond acceptors (Lipinski definition) is 7. The molecule has 0 saturated heterocycles. The van der Waals surface area contributed by atoms with Crippen LogP contribution in [0, 0.1) is 11.6 Å². The van der Waals surface area contributed by atoms with E-state index in [0.29, 0.717) is 40.0 Å². The minimum absolute atomic E-state index is 0.0405. The lowest BCUT2D eigenvalue weighted by molar-refractivity contribution is 0.141. The molecular weight excluding hydrogens is 502 g/mol. The number of rotatable bonds is 6. The third-order valence-corrected chi connectivity index (χ3v) is 7.57. The van der Waals surface area contributed by atoms with Crippen molar-refractivity contribution in [1.82, 2.24) is 15.1 Å². The number of aromatic nitrogens is 3. The number of primary sulfonamides is 1. The van der Waals surface area contributed by atoms with Crippen LogP contribution in [0.4, 0.5) is 8.78 Å². The van der Waals surface area contributed by atoms with E-state index in [2.05, 4.69) is 15.1 Å². The molecule has 37 heavy (non-hydrogen) atoms. The van der Waals surface area contributed by atoms with Gasteiger partial charge in [-0.25, -0.2) is 22.3 Å². The number of hydrogen-bond donors (Lipinski definition) is 1. The van der Waals surface area contributed by atoms with Gasteiger partial charge in [-0.15, -0.1) is 0 Å². The Morgan fingerprint density at radius 1 is 1.05 bits per heavy atom. The van der Waals surface area contributed by atoms with Crippen molar-refractivity contribution in [2.75, 3.05) is 0 Å². The molecule has 0 atom stereocenters. The molecule has 5 rings (SSSR count). The normalized spacial score (nSPS) is 18.4. The Labute approximate surface area is 212 Å². The molecule has 2 aromatic carbocycles. The van der Waals surface area contributed by atoms with Crippen LogP contribution in [0.2, 0.25) is 0 Å². The van der Waals surface area contributed by atoms with E-state index in [9.17, 15) is 17.2 Å². The Morgan fingerprint density at radius 3 is 2.49 bits per heavy atom. The first-order valence-electron chi connectivity index (χ1n) is 12.0. The van der Waals surface area contributed by atoms with Crippen molar-refractivity contribution in [3.05, 3.63) is 65.9 Å². The predicted molar refractivity (Wildman–Crippen MR) is 132 cm³/mol. The molecule has 1 saturated carbocycles. The zero-order chi connectivity index (χ0) is 26.3. The number of pyridine rings is 1. The fraction of sp³-hybridized carbons (Fsp3) is 0.346. The Bertz CT molecular complexity index is 1560. The average Bonchev–Trinajstić information content (AvgIpc) is 3.36. The number of fused-ring (bicyclic) bond motifs is 1. The fourth-order valence-electron chi connectivity index (χ4n) is 4.68. The number of halogens is 2. The monoisotopic (exact) mass is 528 g/mol. The molecule has 11 heteroatoms. The smallest absolute Gasteiger partial charge is 0.241 e. The molecule has 2 heterocycles. The third-order valence-electron chi connectivity index (χ3n) is 6.64. The molecule has 8 nitrogen and oxygen atoms in total. The van der Waals surface area contributed by atoms with Crippen LogP contribution in [0.5, 0.6) is 5.75 Å². The Morgan fingerprint density at radius 2 is 1.81 bits per heavy atom. The number of ether oxygens (including phenoxy) is 1. The summed E-state index contributed by atoms with van der Waals surface area (Å²) >= 11 is 0. The van der Waals surface area contributed by atoms with Crippen LogP contribution in [0.3, 0.4) is 0 Å². The lowest BCUT2D eigenvalue weighted by Crippen LogP contribution is -2.23. The summed E-state index contributed by atoms with van der Waals surface area (Å²) in [5.74, 6) is 0.300. The number of nitrogens with zero attached hydrogens (tertiary/aromatic N) is 3. The van der Waals surface area contributed by atoms with Crippen molar-refractivity contribution in [2.45, 2.75) is 62.4 Å². The highest BCUT2D eigenvalue weighted by molar-refractivity contribution is 7.89. The van der Waals surface area contributed by atoms with E-state index in [1.54, 1.807) is 30.5 Å². The highest BCUT2D eigenvalue weighted by Gasteiger charge is 2.28. The second-order valence-corrected chi connectivity index (χ2v) is 11.1. The molecule has 0 radical (unpaired) electrons. The summed E-state index contributed by atoms with van der Waals surface area (Å²) in [4.78, 5) is 8.01. The first kappa shape index (κ1) is 25.2. The van der Waals surface area contributed by atoms with Crippen molar-refractivity contribution in [3.63, 3.8) is 0 Å². The predicted octanol–water partition coefficient (Wildman–Crippen LogP) is 5.44. The lowest BCUT2D eigenvalue weighted by atomic mass is 9.87. The SMILES string of the molecule is CC(C)c1noc(C2CCC(Oc3ccnc4c(-c5cc(F)c(S(N)(=O)=O)cc5F)cccc34)CC2)n1. The van der Waals surface area contributed by atoms with Crippen LogP contribution < -0.4 is 9.88 Å². The van der Waals surface area contributed by atoms with Crippen LogP contribution in [0.1, 0.15) is 63.1 Å². The summed E-state index contributed by atoms with van der Waals surface area (Å²) < 4.78 is 64.3. The minimum atomic E-state index is -4.41. The summed E-state index contributed by atoms with van der Waals surface area (Å²) in [5, 5.41) is 9.69. The molecule has 0 aliphatic heterocycles. The Balaban J connectivity index is 1.39. The molecule has 1 fully saturated rings. The van der Waals surface area contributed by atoms with E-state index in [1.165, 1.54) is 0 Å². The van der Waals surface area contributed by atoms with E-state index >= 15 is 0 Å². The molecule has 0 amide bonds. The Hall–Kier alpha value is -3.44. The molecule has 1 aliphatic rings. The molecule has 194 valence electrons. The number of para-hydroxylation sites is 1. The molecule has 0 bridgehead atoms. The molecular formula is C26H26F2N4O4S. The third kappa shape index (κ3) is 5.05. The number of sulfonamides is 1. The largest absolute Gasteiger partial charge is 0.490 e. The van der Waals surface area contributed by atoms with Crippen molar-refractivity contribution in [1.29, 1.82) is 0 Å². The second-order valence-electron chi connectivity index (χ2n) is 9.56. The molecule has 0 spiro atoms. The second kappa shape index (κ2) is 9.79. The molecule has 0 unspecified atom stereocenters. The van der Waals surface area contributed by atoms with Crippen LogP contribution in [0.25, 0.3) is 22.0 Å². The molecule has 2 N–H and O–H groups in total. The van der Waals surface area contributed by atoms with Crippen molar-refractivity contribution >= 4 is 20.9 Å². The van der Waals surface area contributed by atoms with E-state index in [1.807, 2.05) is 13.8 Å². The summed E-state index contributed by atoms with van der Waals surface area (Å²) in [6.45, 7) is 4.04. The minimum Gasteiger partial charge on any atom is -0.490 e. The van der Waals surface area contributed by atoms with Crippen molar-refractivity contribution < 1.29 is 26.5 Å². The molecule has 2 aromatic heterocycles. The first-order valence-corrected chi connectivity index (χ1v) is 13.6. The zero-order valence-corrected chi connectivity index (χ0v) is 21.1. The highest BCUT2D eigenvalue weighted by atomic mass is 32.2. The van der Waals surface area contributed by atoms with Crippen molar-refractivity contribution in [2.24, 2.45) is 5.14 Å². The van der Waals surface area contributed by atoms with E-state index in [0.717, 1.165) is 31.7 Å². The lowest BCUT2D eigenvalue weighted by Gasteiger charge is -2.27. The zero-order valence-electron chi connectivity index (χ0n) is 20.3. The quantitative estimate of drug-likeness (QED) is 0.354. The van der Waals surface area contributed by atoms with Gasteiger partial charge in [0, 0.05) is 34.5 Å². The van der Waals surface area contributed by atoms with Gasteiger partial charge in [0.05, 0.1) is 11.6 Å². The van der Waals surface area contributed by atoms with Gasteiger partial charge in [0.1, 0.15) is 22.3 Å². The number of benzene rings is 2. The summed E-state index contributed by atoms with van der Waals surface area (Å²) in [6, 6.07) is 8.23. The topological polar surface area (TPSA) is 121 Å². The first-order chi connectivity index (χ1) is 17.6.